The molecule has 1 aliphatic carbocycles. The molecule has 6 heteroatoms. The number of hydrogen-bond donors (Lipinski definition) is 2. The Morgan fingerprint density at radius 1 is 1.12 bits per heavy atom. The number of hydrazine groups is 1. The number of rotatable bonds is 8. The molecule has 0 saturated carbocycles. The van der Waals surface area contributed by atoms with Crippen molar-refractivity contribution >= 4 is 17.3 Å². The average Bonchev–Trinajstić information content (AvgIpc) is 2.71. The van der Waals surface area contributed by atoms with Crippen LogP contribution in [0.15, 0.2) is 83.0 Å². The minimum absolute atomic E-state index is 0.00439. The lowest BCUT2D eigenvalue weighted by Crippen LogP contribution is -2.27. The smallest absolute Gasteiger partial charge is 0.269 e. The molecule has 170 valence electrons. The second-order valence-corrected chi connectivity index (χ2v) is 8.84. The molecule has 1 amide bonds. The van der Waals surface area contributed by atoms with Crippen molar-refractivity contribution in [1.29, 1.82) is 0 Å². The molecule has 1 aromatic rings. The van der Waals surface area contributed by atoms with Gasteiger partial charge in [0.05, 0.1) is 10.6 Å². The Bertz CT molecular complexity index is 994. The SMILES string of the molecule is CC(C=CC1=C(C)CCCC1(C)C)=CC=CC(C)=CC(=O)NNc1ccc([N+](=O)[O-])cc1. The third-order valence-corrected chi connectivity index (χ3v) is 5.54. The number of benzene rings is 1. The van der Waals surface area contributed by atoms with Crippen LogP contribution in [0.1, 0.15) is 53.9 Å². The van der Waals surface area contributed by atoms with Crippen LogP contribution in [0.5, 0.6) is 0 Å². The topological polar surface area (TPSA) is 84.3 Å². The highest BCUT2D eigenvalue weighted by molar-refractivity contribution is 5.89. The van der Waals surface area contributed by atoms with Crippen LogP contribution in [0, 0.1) is 15.5 Å². The van der Waals surface area contributed by atoms with Crippen LogP contribution in [-0.2, 0) is 4.79 Å². The molecule has 0 aromatic heterocycles. The second kappa shape index (κ2) is 11.3. The molecule has 2 N–H and O–H groups in total. The lowest BCUT2D eigenvalue weighted by atomic mass is 9.72. The Hall–Kier alpha value is -3.41. The van der Waals surface area contributed by atoms with Crippen LogP contribution in [-0.4, -0.2) is 10.8 Å². The lowest BCUT2D eigenvalue weighted by molar-refractivity contribution is -0.384. The number of non-ortho nitro benzene ring substituents is 1. The van der Waals surface area contributed by atoms with E-state index in [1.165, 1.54) is 60.8 Å². The second-order valence-electron chi connectivity index (χ2n) is 8.84. The molecule has 0 atom stereocenters. The van der Waals surface area contributed by atoms with Crippen molar-refractivity contribution < 1.29 is 9.72 Å². The minimum Gasteiger partial charge on any atom is -0.298 e. The number of carbonyl (C=O) groups is 1. The van der Waals surface area contributed by atoms with E-state index in [-0.39, 0.29) is 17.0 Å². The van der Waals surface area contributed by atoms with Crippen LogP contribution < -0.4 is 10.9 Å². The molecule has 32 heavy (non-hydrogen) atoms. The molecule has 1 aromatic carbocycles. The molecular weight excluding hydrogens is 402 g/mol. The quantitative estimate of drug-likeness (QED) is 0.209. The molecule has 0 aliphatic heterocycles. The maximum absolute atomic E-state index is 12.0. The van der Waals surface area contributed by atoms with Gasteiger partial charge in [0.1, 0.15) is 0 Å². The van der Waals surface area contributed by atoms with Crippen molar-refractivity contribution in [3.8, 4) is 0 Å². The number of anilines is 1. The van der Waals surface area contributed by atoms with Gasteiger partial charge in [0, 0.05) is 18.2 Å². The number of hydrogen-bond acceptors (Lipinski definition) is 4. The molecule has 0 bridgehead atoms. The third kappa shape index (κ3) is 7.69. The Kier molecular flexibility index (Phi) is 8.76. The zero-order chi connectivity index (χ0) is 23.7. The molecule has 0 fully saturated rings. The summed E-state index contributed by atoms with van der Waals surface area (Å²) in [6, 6.07) is 5.80. The highest BCUT2D eigenvalue weighted by Gasteiger charge is 2.26. The molecule has 1 aliphatic rings. The largest absolute Gasteiger partial charge is 0.298 e. The van der Waals surface area contributed by atoms with Crippen molar-refractivity contribution in [3.05, 3.63) is 93.1 Å². The van der Waals surface area contributed by atoms with Crippen molar-refractivity contribution in [2.24, 2.45) is 5.41 Å². The van der Waals surface area contributed by atoms with E-state index in [0.29, 0.717) is 5.69 Å². The molecule has 0 saturated heterocycles. The average molecular weight is 436 g/mol. The van der Waals surface area contributed by atoms with E-state index >= 15 is 0 Å². The predicted octanol–water partition coefficient (Wildman–Crippen LogP) is 6.57. The molecule has 0 spiro atoms. The van der Waals surface area contributed by atoms with Crippen molar-refractivity contribution in [2.45, 2.75) is 53.9 Å². The summed E-state index contributed by atoms with van der Waals surface area (Å²) in [5, 5.41) is 10.7. The number of nitro benzene ring substituents is 1. The molecule has 6 nitrogen and oxygen atoms in total. The summed E-state index contributed by atoms with van der Waals surface area (Å²) in [4.78, 5) is 22.2. The van der Waals surface area contributed by atoms with Gasteiger partial charge in [0.15, 0.2) is 0 Å². The summed E-state index contributed by atoms with van der Waals surface area (Å²) in [6.45, 7) is 10.8. The summed E-state index contributed by atoms with van der Waals surface area (Å²) < 4.78 is 0. The summed E-state index contributed by atoms with van der Waals surface area (Å²) in [5.41, 5.74) is 10.9. The van der Waals surface area contributed by atoms with Gasteiger partial charge in [-0.1, -0.05) is 55.4 Å². The van der Waals surface area contributed by atoms with Gasteiger partial charge < -0.3 is 0 Å². The number of allylic oxidation sites excluding steroid dienone is 9. The standard InChI is InChI=1S/C26H33N3O3/c1-19(11-16-24-21(3)10-7-17-26(24,4)5)8-6-9-20(2)18-25(30)28-27-22-12-14-23(15-13-22)29(31)32/h6,8-9,11-16,18,27H,7,10,17H2,1-5H3,(H,28,30). The van der Waals surface area contributed by atoms with Crippen LogP contribution in [0.25, 0.3) is 0 Å². The van der Waals surface area contributed by atoms with Crippen molar-refractivity contribution in [1.82, 2.24) is 5.43 Å². The Morgan fingerprint density at radius 3 is 2.44 bits per heavy atom. The van der Waals surface area contributed by atoms with E-state index in [0.717, 1.165) is 11.1 Å². The summed E-state index contributed by atoms with van der Waals surface area (Å²) in [6.07, 6.45) is 15.3. The van der Waals surface area contributed by atoms with E-state index in [1.54, 1.807) is 0 Å². The van der Waals surface area contributed by atoms with Gasteiger partial charge in [0.25, 0.3) is 11.6 Å². The van der Waals surface area contributed by atoms with Crippen molar-refractivity contribution in [3.63, 3.8) is 0 Å². The Morgan fingerprint density at radius 2 is 1.81 bits per heavy atom. The van der Waals surface area contributed by atoms with E-state index in [9.17, 15) is 14.9 Å². The number of nitro groups is 1. The van der Waals surface area contributed by atoms with E-state index in [4.69, 9.17) is 0 Å². The van der Waals surface area contributed by atoms with E-state index < -0.39 is 4.92 Å². The zero-order valence-electron chi connectivity index (χ0n) is 19.6. The number of amides is 1. The van der Waals surface area contributed by atoms with Crippen LogP contribution in [0.3, 0.4) is 0 Å². The first kappa shape index (κ1) is 24.9. The fraction of sp³-hybridized carbons (Fsp3) is 0.346. The molecular formula is C26H33N3O3. The monoisotopic (exact) mass is 435 g/mol. The first-order chi connectivity index (χ1) is 15.1. The Labute approximate surface area is 190 Å². The lowest BCUT2D eigenvalue weighted by Gasteiger charge is -2.32. The molecule has 2 rings (SSSR count). The van der Waals surface area contributed by atoms with Gasteiger partial charge in [-0.3, -0.25) is 25.8 Å². The highest BCUT2D eigenvalue weighted by Crippen LogP contribution is 2.40. The van der Waals surface area contributed by atoms with Gasteiger partial charge in [-0.25, -0.2) is 0 Å². The van der Waals surface area contributed by atoms with Crippen LogP contribution in [0.2, 0.25) is 0 Å². The van der Waals surface area contributed by atoms with Crippen LogP contribution in [0.4, 0.5) is 11.4 Å². The fourth-order valence-electron chi connectivity index (χ4n) is 3.72. The number of carbonyl (C=O) groups excluding carboxylic acids is 1. The van der Waals surface area contributed by atoms with E-state index in [1.807, 2.05) is 25.2 Å². The third-order valence-electron chi connectivity index (χ3n) is 5.54. The van der Waals surface area contributed by atoms with Gasteiger partial charge in [-0.2, -0.15) is 0 Å². The van der Waals surface area contributed by atoms with Gasteiger partial charge in [-0.15, -0.1) is 0 Å². The Balaban J connectivity index is 1.89. The number of nitrogens with one attached hydrogen (secondary N) is 2. The maximum atomic E-state index is 12.0. The van der Waals surface area contributed by atoms with E-state index in [2.05, 4.69) is 50.7 Å². The first-order valence-corrected chi connectivity index (χ1v) is 10.8. The molecule has 0 radical (unpaired) electrons. The molecule has 0 heterocycles. The first-order valence-electron chi connectivity index (χ1n) is 10.8. The number of nitrogens with zero attached hydrogens (tertiary/aromatic N) is 1. The minimum atomic E-state index is -0.470. The summed E-state index contributed by atoms with van der Waals surface area (Å²) in [5.74, 6) is -0.312. The normalized spacial score (nSPS) is 17.2. The van der Waals surface area contributed by atoms with Gasteiger partial charge in [-0.05, 0) is 68.7 Å². The highest BCUT2D eigenvalue weighted by atomic mass is 16.6. The van der Waals surface area contributed by atoms with Crippen LogP contribution >= 0.6 is 0 Å². The van der Waals surface area contributed by atoms with Crippen molar-refractivity contribution in [2.75, 3.05) is 5.43 Å². The molecule has 0 unspecified atom stereocenters. The fourth-order valence-corrected chi connectivity index (χ4v) is 3.72. The van der Waals surface area contributed by atoms with Gasteiger partial charge >= 0.3 is 0 Å². The predicted molar refractivity (Wildman–Crippen MR) is 131 cm³/mol. The van der Waals surface area contributed by atoms with Gasteiger partial charge in [0.2, 0.25) is 0 Å². The maximum Gasteiger partial charge on any atom is 0.269 e. The zero-order valence-corrected chi connectivity index (χ0v) is 19.6. The summed E-state index contributed by atoms with van der Waals surface area (Å²) in [7, 11) is 0. The summed E-state index contributed by atoms with van der Waals surface area (Å²) >= 11 is 0.